The van der Waals surface area contributed by atoms with Crippen LogP contribution in [0, 0.1) is 5.82 Å². The van der Waals surface area contributed by atoms with Gasteiger partial charge in [0.1, 0.15) is 17.4 Å². The second-order valence-electron chi connectivity index (χ2n) is 8.12. The number of carbonyl (C=O) groups is 1. The smallest absolute Gasteiger partial charge is 0.227 e. The number of rotatable bonds is 7. The van der Waals surface area contributed by atoms with Crippen LogP contribution in [0.3, 0.4) is 0 Å². The Labute approximate surface area is 196 Å². The highest BCUT2D eigenvalue weighted by molar-refractivity contribution is 6.32. The number of aromatic nitrogens is 2. The van der Waals surface area contributed by atoms with E-state index in [4.69, 9.17) is 21.3 Å². The molecule has 0 aliphatic carbocycles. The summed E-state index contributed by atoms with van der Waals surface area (Å²) in [5, 5.41) is 0.594. The fraction of sp³-hybridized carbons (Fsp3) is 0.231. The zero-order valence-corrected chi connectivity index (χ0v) is 18.7. The molecule has 4 aromatic rings. The predicted molar refractivity (Wildman–Crippen MR) is 127 cm³/mol. The van der Waals surface area contributed by atoms with Gasteiger partial charge in [-0.05, 0) is 55.0 Å². The van der Waals surface area contributed by atoms with Crippen molar-refractivity contribution in [3.8, 4) is 5.75 Å². The van der Waals surface area contributed by atoms with Crippen molar-refractivity contribution in [1.29, 1.82) is 0 Å². The van der Waals surface area contributed by atoms with Gasteiger partial charge in [0, 0.05) is 31.1 Å². The van der Waals surface area contributed by atoms with Crippen molar-refractivity contribution in [2.24, 2.45) is 0 Å². The lowest BCUT2D eigenvalue weighted by Gasteiger charge is -2.17. The molecule has 0 spiro atoms. The van der Waals surface area contributed by atoms with Gasteiger partial charge >= 0.3 is 0 Å². The van der Waals surface area contributed by atoms with Crippen LogP contribution in [0.5, 0.6) is 5.75 Å². The van der Waals surface area contributed by atoms with Crippen molar-refractivity contribution in [3.63, 3.8) is 0 Å². The zero-order valence-electron chi connectivity index (χ0n) is 18.0. The first-order valence-corrected chi connectivity index (χ1v) is 11.4. The normalized spacial score (nSPS) is 16.0. The maximum atomic E-state index is 13.3. The number of benzene rings is 3. The minimum Gasteiger partial charge on any atom is -0.492 e. The molecule has 1 fully saturated rings. The number of ether oxygens (including phenoxy) is 1. The van der Waals surface area contributed by atoms with Crippen molar-refractivity contribution in [2.75, 3.05) is 18.1 Å². The number of hydrogen-bond donors (Lipinski definition) is 0. The van der Waals surface area contributed by atoms with E-state index >= 15 is 0 Å². The summed E-state index contributed by atoms with van der Waals surface area (Å²) >= 11 is 6.18. The minimum absolute atomic E-state index is 0.0206. The molecule has 0 saturated carbocycles. The summed E-state index contributed by atoms with van der Waals surface area (Å²) in [4.78, 5) is 19.4. The van der Waals surface area contributed by atoms with Crippen molar-refractivity contribution in [3.05, 3.63) is 89.5 Å². The third-order valence-corrected chi connectivity index (χ3v) is 6.25. The first-order chi connectivity index (χ1) is 16.1. The second kappa shape index (κ2) is 9.24. The number of nitrogens with zero attached hydrogens (tertiary/aromatic N) is 3. The lowest BCUT2D eigenvalue weighted by molar-refractivity contribution is -0.117. The Morgan fingerprint density at radius 2 is 1.79 bits per heavy atom. The first kappa shape index (κ1) is 21.5. The number of carbonyl (C=O) groups excluding carboxylic acids is 1. The van der Waals surface area contributed by atoms with Gasteiger partial charge in [0.2, 0.25) is 5.91 Å². The van der Waals surface area contributed by atoms with E-state index in [2.05, 4.69) is 10.6 Å². The molecular formula is C26H23ClFN3O2. The van der Waals surface area contributed by atoms with E-state index in [-0.39, 0.29) is 17.6 Å². The molecule has 5 nitrogen and oxygen atoms in total. The molecule has 1 atom stereocenters. The fourth-order valence-electron chi connectivity index (χ4n) is 4.36. The number of aryl methyl sites for hydroxylation is 1. The summed E-state index contributed by atoms with van der Waals surface area (Å²) in [6, 6.07) is 21.5. The highest BCUT2D eigenvalue weighted by Gasteiger charge is 2.34. The van der Waals surface area contributed by atoms with Crippen molar-refractivity contribution in [1.82, 2.24) is 9.55 Å². The van der Waals surface area contributed by atoms with Gasteiger partial charge in [0.15, 0.2) is 0 Å². The molecule has 2 heterocycles. The van der Waals surface area contributed by atoms with E-state index in [1.807, 2.05) is 42.5 Å². The van der Waals surface area contributed by atoms with Crippen LogP contribution in [0.25, 0.3) is 11.0 Å². The van der Waals surface area contributed by atoms with Crippen molar-refractivity contribution >= 4 is 34.2 Å². The van der Waals surface area contributed by atoms with Crippen LogP contribution in [-0.4, -0.2) is 28.6 Å². The SMILES string of the molecule is O=C1C[C@H](c2nc3ccccc3n2CCCOc2ccccc2Cl)CN1c1ccc(F)cc1. The van der Waals surface area contributed by atoms with E-state index in [0.29, 0.717) is 42.6 Å². The summed E-state index contributed by atoms with van der Waals surface area (Å²) < 4.78 is 21.4. The van der Waals surface area contributed by atoms with Gasteiger partial charge in [0.05, 0.1) is 22.7 Å². The number of fused-ring (bicyclic) bond motifs is 1. The van der Waals surface area contributed by atoms with Crippen LogP contribution in [0.15, 0.2) is 72.8 Å². The fourth-order valence-corrected chi connectivity index (χ4v) is 4.55. The number of imidazole rings is 1. The van der Waals surface area contributed by atoms with Gasteiger partial charge in [-0.15, -0.1) is 0 Å². The topological polar surface area (TPSA) is 47.4 Å². The molecule has 1 amide bonds. The Kier molecular flexibility index (Phi) is 6.01. The third-order valence-electron chi connectivity index (χ3n) is 5.93. The number of hydrogen-bond acceptors (Lipinski definition) is 3. The Hall–Kier alpha value is -3.38. The number of para-hydroxylation sites is 3. The molecule has 33 heavy (non-hydrogen) atoms. The largest absolute Gasteiger partial charge is 0.492 e. The van der Waals surface area contributed by atoms with Gasteiger partial charge < -0.3 is 14.2 Å². The molecule has 0 N–H and O–H groups in total. The van der Waals surface area contributed by atoms with Gasteiger partial charge in [-0.25, -0.2) is 9.37 Å². The van der Waals surface area contributed by atoms with E-state index < -0.39 is 0 Å². The molecule has 0 unspecified atom stereocenters. The monoisotopic (exact) mass is 463 g/mol. The Bertz CT molecular complexity index is 1290. The summed E-state index contributed by atoms with van der Waals surface area (Å²) in [6.07, 6.45) is 1.14. The second-order valence-corrected chi connectivity index (χ2v) is 8.53. The van der Waals surface area contributed by atoms with Crippen molar-refractivity contribution < 1.29 is 13.9 Å². The molecule has 5 rings (SSSR count). The van der Waals surface area contributed by atoms with E-state index in [1.165, 1.54) is 12.1 Å². The molecule has 0 radical (unpaired) electrons. The maximum absolute atomic E-state index is 13.3. The van der Waals surface area contributed by atoms with Crippen LogP contribution in [-0.2, 0) is 11.3 Å². The van der Waals surface area contributed by atoms with Crippen LogP contribution in [0.1, 0.15) is 24.6 Å². The average Bonchev–Trinajstić information content (AvgIpc) is 3.39. The van der Waals surface area contributed by atoms with Crippen LogP contribution < -0.4 is 9.64 Å². The summed E-state index contributed by atoms with van der Waals surface area (Å²) in [5.41, 5.74) is 2.66. The summed E-state index contributed by atoms with van der Waals surface area (Å²) in [7, 11) is 0. The van der Waals surface area contributed by atoms with E-state index in [1.54, 1.807) is 17.0 Å². The van der Waals surface area contributed by atoms with Gasteiger partial charge in [-0.3, -0.25) is 4.79 Å². The highest BCUT2D eigenvalue weighted by Crippen LogP contribution is 2.33. The first-order valence-electron chi connectivity index (χ1n) is 11.0. The lowest BCUT2D eigenvalue weighted by Crippen LogP contribution is -2.24. The summed E-state index contributed by atoms with van der Waals surface area (Å²) in [6.45, 7) is 1.74. The standard InChI is InChI=1S/C26H23ClFN3O2/c27-21-6-1-4-9-24(21)33-15-5-14-30-23-8-3-2-7-22(23)29-26(30)18-16-25(32)31(17-18)20-12-10-19(28)11-13-20/h1-4,6-13,18H,5,14-17H2/t18-/m0/s1. The van der Waals surface area contributed by atoms with Crippen molar-refractivity contribution in [2.45, 2.75) is 25.3 Å². The number of amides is 1. The zero-order chi connectivity index (χ0) is 22.8. The number of anilines is 1. The van der Waals surface area contributed by atoms with E-state index in [0.717, 1.165) is 23.3 Å². The van der Waals surface area contributed by atoms with Crippen LogP contribution in [0.4, 0.5) is 10.1 Å². The number of halogens is 2. The minimum atomic E-state index is -0.317. The predicted octanol–water partition coefficient (Wildman–Crippen LogP) is 5.82. The molecule has 1 aromatic heterocycles. The van der Waals surface area contributed by atoms with Gasteiger partial charge in [-0.2, -0.15) is 0 Å². The Morgan fingerprint density at radius 1 is 1.03 bits per heavy atom. The molecule has 0 bridgehead atoms. The molecular weight excluding hydrogens is 441 g/mol. The van der Waals surface area contributed by atoms with E-state index in [9.17, 15) is 9.18 Å². The molecule has 7 heteroatoms. The molecule has 1 saturated heterocycles. The lowest BCUT2D eigenvalue weighted by atomic mass is 10.1. The van der Waals surface area contributed by atoms with Crippen LogP contribution in [0.2, 0.25) is 5.02 Å². The molecule has 3 aromatic carbocycles. The Morgan fingerprint density at radius 3 is 2.61 bits per heavy atom. The molecule has 168 valence electrons. The summed E-state index contributed by atoms with van der Waals surface area (Å²) in [5.74, 6) is 1.23. The van der Waals surface area contributed by atoms with Gasteiger partial charge in [0.25, 0.3) is 0 Å². The van der Waals surface area contributed by atoms with Crippen LogP contribution >= 0.6 is 11.6 Å². The maximum Gasteiger partial charge on any atom is 0.227 e. The van der Waals surface area contributed by atoms with Gasteiger partial charge in [-0.1, -0.05) is 35.9 Å². The highest BCUT2D eigenvalue weighted by atomic mass is 35.5. The molecule has 1 aliphatic rings. The third kappa shape index (κ3) is 4.44. The quantitative estimate of drug-likeness (QED) is 0.324. The Balaban J connectivity index is 1.35. The molecule has 1 aliphatic heterocycles. The average molecular weight is 464 g/mol.